The average Bonchev–Trinajstić information content (AvgIpc) is 2.49. The Hall–Kier alpha value is -2.40. The molecule has 3 aromatic rings. The Labute approximate surface area is 136 Å². The van der Waals surface area contributed by atoms with Gasteiger partial charge in [-0.3, -0.25) is 9.71 Å². The number of pyridine rings is 1. The largest absolute Gasteiger partial charge is 0.279 e. The predicted octanol–water partition coefficient (Wildman–Crippen LogP) is 3.96. The molecule has 1 N–H and O–H groups in total. The number of nitrogens with one attached hydrogen (secondary N) is 1. The van der Waals surface area contributed by atoms with E-state index in [0.29, 0.717) is 11.2 Å². The van der Waals surface area contributed by atoms with Gasteiger partial charge in [-0.25, -0.2) is 8.42 Å². The van der Waals surface area contributed by atoms with Gasteiger partial charge in [-0.15, -0.1) is 0 Å². The summed E-state index contributed by atoms with van der Waals surface area (Å²) in [4.78, 5) is 4.50. The molecule has 23 heavy (non-hydrogen) atoms. The normalized spacial score (nSPS) is 11.6. The van der Waals surface area contributed by atoms with Gasteiger partial charge in [-0.2, -0.15) is 0 Å². The number of nitrogens with zero attached hydrogens (tertiary/aromatic N) is 1. The van der Waals surface area contributed by atoms with E-state index in [1.165, 1.54) is 0 Å². The second kappa shape index (κ2) is 5.66. The van der Waals surface area contributed by atoms with Crippen molar-refractivity contribution >= 4 is 26.6 Å². The highest BCUT2D eigenvalue weighted by atomic mass is 32.2. The second-order valence-corrected chi connectivity index (χ2v) is 7.42. The lowest BCUT2D eigenvalue weighted by atomic mass is 10.1. The first-order valence-electron chi connectivity index (χ1n) is 7.32. The van der Waals surface area contributed by atoms with Crippen molar-refractivity contribution in [2.45, 2.75) is 25.7 Å². The number of anilines is 1. The van der Waals surface area contributed by atoms with Crippen LogP contribution in [0.5, 0.6) is 0 Å². The van der Waals surface area contributed by atoms with Crippen molar-refractivity contribution in [3.05, 3.63) is 65.4 Å². The average molecular weight is 326 g/mol. The summed E-state index contributed by atoms with van der Waals surface area (Å²) in [6, 6.07) is 12.8. The van der Waals surface area contributed by atoms with Crippen LogP contribution in [0, 0.1) is 20.8 Å². The number of sulfonamides is 1. The molecular weight excluding hydrogens is 308 g/mol. The molecule has 118 valence electrons. The minimum Gasteiger partial charge on any atom is -0.279 e. The molecule has 4 nitrogen and oxygen atoms in total. The zero-order chi connectivity index (χ0) is 16.6. The first kappa shape index (κ1) is 15.5. The maximum atomic E-state index is 12.8. The number of hydrogen-bond donors (Lipinski definition) is 1. The highest BCUT2D eigenvalue weighted by Crippen LogP contribution is 2.25. The standard InChI is InChI=1S/C18H18N2O2S/c1-12-7-8-14(3)16(10-12)20-23(21,22)17-6-4-5-15-9-13(2)11-19-18(15)17/h4-11,20H,1-3H3. The van der Waals surface area contributed by atoms with Crippen LogP contribution in [0.3, 0.4) is 0 Å². The molecular formula is C18H18N2O2S. The Kier molecular flexibility index (Phi) is 3.82. The first-order valence-corrected chi connectivity index (χ1v) is 8.80. The zero-order valence-electron chi connectivity index (χ0n) is 13.3. The summed E-state index contributed by atoms with van der Waals surface area (Å²) in [7, 11) is -3.70. The molecule has 0 spiro atoms. The highest BCUT2D eigenvalue weighted by Gasteiger charge is 2.19. The van der Waals surface area contributed by atoms with E-state index in [-0.39, 0.29) is 4.90 Å². The predicted molar refractivity (Wildman–Crippen MR) is 93.2 cm³/mol. The molecule has 0 unspecified atom stereocenters. The number of fused-ring (bicyclic) bond motifs is 1. The van der Waals surface area contributed by atoms with Crippen LogP contribution in [-0.2, 0) is 10.0 Å². The van der Waals surface area contributed by atoms with Gasteiger partial charge in [0.15, 0.2) is 0 Å². The molecule has 0 saturated carbocycles. The Bertz CT molecular complexity index is 995. The van der Waals surface area contributed by atoms with Crippen LogP contribution in [0.15, 0.2) is 53.6 Å². The van der Waals surface area contributed by atoms with Crippen LogP contribution in [0.25, 0.3) is 10.9 Å². The lowest BCUT2D eigenvalue weighted by Gasteiger charge is -2.13. The number of para-hydroxylation sites is 1. The molecule has 0 atom stereocenters. The summed E-state index contributed by atoms with van der Waals surface area (Å²) in [6.07, 6.45) is 1.68. The van der Waals surface area contributed by atoms with Gasteiger partial charge < -0.3 is 0 Å². The number of benzene rings is 2. The van der Waals surface area contributed by atoms with E-state index < -0.39 is 10.0 Å². The van der Waals surface area contributed by atoms with Crippen LogP contribution in [-0.4, -0.2) is 13.4 Å². The summed E-state index contributed by atoms with van der Waals surface area (Å²) >= 11 is 0. The molecule has 0 radical (unpaired) electrons. The highest BCUT2D eigenvalue weighted by molar-refractivity contribution is 7.93. The maximum absolute atomic E-state index is 12.8. The first-order chi connectivity index (χ1) is 10.9. The molecule has 3 rings (SSSR count). The molecule has 0 aliphatic carbocycles. The Balaban J connectivity index is 2.12. The molecule has 0 aliphatic rings. The van der Waals surface area contributed by atoms with Gasteiger partial charge >= 0.3 is 0 Å². The molecule has 0 bridgehead atoms. The van der Waals surface area contributed by atoms with Crippen LogP contribution in [0.1, 0.15) is 16.7 Å². The van der Waals surface area contributed by atoms with Crippen LogP contribution < -0.4 is 4.72 Å². The quantitative estimate of drug-likeness (QED) is 0.792. The maximum Gasteiger partial charge on any atom is 0.264 e. The van der Waals surface area contributed by atoms with E-state index in [9.17, 15) is 8.42 Å². The summed E-state index contributed by atoms with van der Waals surface area (Å²) in [5.41, 5.74) is 3.95. The van der Waals surface area contributed by atoms with Gasteiger partial charge in [-0.1, -0.05) is 24.3 Å². The fourth-order valence-electron chi connectivity index (χ4n) is 2.51. The minimum absolute atomic E-state index is 0.191. The number of hydrogen-bond acceptors (Lipinski definition) is 3. The van der Waals surface area contributed by atoms with Crippen molar-refractivity contribution in [1.82, 2.24) is 4.98 Å². The molecule has 0 saturated heterocycles. The minimum atomic E-state index is -3.70. The van der Waals surface area contributed by atoms with E-state index in [2.05, 4.69) is 9.71 Å². The van der Waals surface area contributed by atoms with Crippen LogP contribution in [0.4, 0.5) is 5.69 Å². The van der Waals surface area contributed by atoms with Gasteiger partial charge in [0.2, 0.25) is 0 Å². The Morgan fingerprint density at radius 2 is 1.74 bits per heavy atom. The second-order valence-electron chi connectivity index (χ2n) is 5.76. The SMILES string of the molecule is Cc1ccc(C)c(NS(=O)(=O)c2cccc3cc(C)cnc23)c1. The van der Waals surface area contributed by atoms with E-state index in [1.807, 2.05) is 51.1 Å². The number of aromatic nitrogens is 1. The Morgan fingerprint density at radius 1 is 0.957 bits per heavy atom. The number of aryl methyl sites for hydroxylation is 3. The summed E-state index contributed by atoms with van der Waals surface area (Å²) in [5, 5.41) is 0.814. The van der Waals surface area contributed by atoms with Crippen molar-refractivity contribution in [3.63, 3.8) is 0 Å². The van der Waals surface area contributed by atoms with Gasteiger partial charge in [0.05, 0.1) is 11.2 Å². The monoisotopic (exact) mass is 326 g/mol. The smallest absolute Gasteiger partial charge is 0.264 e. The third-order valence-corrected chi connectivity index (χ3v) is 5.13. The zero-order valence-corrected chi connectivity index (χ0v) is 14.1. The fourth-order valence-corrected chi connectivity index (χ4v) is 3.81. The Morgan fingerprint density at radius 3 is 2.52 bits per heavy atom. The number of rotatable bonds is 3. The third kappa shape index (κ3) is 3.05. The van der Waals surface area contributed by atoms with Crippen molar-refractivity contribution < 1.29 is 8.42 Å². The lowest BCUT2D eigenvalue weighted by Crippen LogP contribution is -2.14. The molecule has 1 aromatic heterocycles. The molecule has 1 heterocycles. The van der Waals surface area contributed by atoms with Crippen LogP contribution in [0.2, 0.25) is 0 Å². The summed E-state index contributed by atoms with van der Waals surface area (Å²) in [6.45, 7) is 5.74. The molecule has 0 fully saturated rings. The van der Waals surface area contributed by atoms with E-state index in [4.69, 9.17) is 0 Å². The van der Waals surface area contributed by atoms with Crippen molar-refractivity contribution in [2.75, 3.05) is 4.72 Å². The summed E-state index contributed by atoms with van der Waals surface area (Å²) in [5.74, 6) is 0. The van der Waals surface area contributed by atoms with Gasteiger partial charge in [-0.05, 0) is 55.7 Å². The van der Waals surface area contributed by atoms with Crippen LogP contribution >= 0.6 is 0 Å². The molecule has 5 heteroatoms. The van der Waals surface area contributed by atoms with Crippen molar-refractivity contribution in [1.29, 1.82) is 0 Å². The third-order valence-electron chi connectivity index (χ3n) is 3.74. The van der Waals surface area contributed by atoms with Gasteiger partial charge in [0.25, 0.3) is 10.0 Å². The van der Waals surface area contributed by atoms with Crippen molar-refractivity contribution in [3.8, 4) is 0 Å². The molecule has 0 amide bonds. The molecule has 0 aliphatic heterocycles. The summed E-state index contributed by atoms with van der Waals surface area (Å²) < 4.78 is 28.3. The van der Waals surface area contributed by atoms with E-state index in [0.717, 1.165) is 22.1 Å². The van der Waals surface area contributed by atoms with Gasteiger partial charge in [0.1, 0.15) is 4.90 Å². The fraction of sp³-hybridized carbons (Fsp3) is 0.167. The van der Waals surface area contributed by atoms with Gasteiger partial charge in [0, 0.05) is 11.6 Å². The van der Waals surface area contributed by atoms with E-state index >= 15 is 0 Å². The van der Waals surface area contributed by atoms with Crippen molar-refractivity contribution in [2.24, 2.45) is 0 Å². The topological polar surface area (TPSA) is 59.1 Å². The lowest BCUT2D eigenvalue weighted by molar-refractivity contribution is 0.602. The molecule has 2 aromatic carbocycles. The van der Waals surface area contributed by atoms with E-state index in [1.54, 1.807) is 18.3 Å².